The minimum Gasteiger partial charge on any atom is -0.346 e. The quantitative estimate of drug-likeness (QED) is 0.746. The average molecular weight is 406 g/mol. The van der Waals surface area contributed by atoms with Crippen molar-refractivity contribution in [2.45, 2.75) is 19.5 Å². The van der Waals surface area contributed by atoms with Gasteiger partial charge in [0.05, 0.1) is 29.2 Å². The van der Waals surface area contributed by atoms with Crippen LogP contribution >= 0.6 is 23.2 Å². The van der Waals surface area contributed by atoms with E-state index in [0.717, 1.165) is 10.5 Å². The summed E-state index contributed by atoms with van der Waals surface area (Å²) in [4.78, 5) is 37.4. The van der Waals surface area contributed by atoms with Crippen molar-refractivity contribution >= 4 is 41.0 Å². The number of hydrogen-bond acceptors (Lipinski definition) is 3. The van der Waals surface area contributed by atoms with Crippen molar-refractivity contribution in [2.75, 3.05) is 6.54 Å². The lowest BCUT2D eigenvalue weighted by atomic mass is 10.0. The molecule has 2 N–H and O–H groups in total. The first-order chi connectivity index (χ1) is 12.9. The zero-order valence-corrected chi connectivity index (χ0v) is 16.0. The van der Waals surface area contributed by atoms with Crippen LogP contribution in [0.5, 0.6) is 0 Å². The topological polar surface area (TPSA) is 78.5 Å². The number of imide groups is 1. The van der Waals surface area contributed by atoms with Crippen molar-refractivity contribution in [3.8, 4) is 0 Å². The van der Waals surface area contributed by atoms with Gasteiger partial charge >= 0.3 is 6.03 Å². The summed E-state index contributed by atoms with van der Waals surface area (Å²) in [5.41, 5.74) is 1.79. The molecule has 3 rings (SSSR count). The molecule has 1 atom stereocenters. The van der Waals surface area contributed by atoms with Crippen LogP contribution in [0, 0.1) is 0 Å². The number of rotatable bonds is 5. The maximum absolute atomic E-state index is 12.8. The Kier molecular flexibility index (Phi) is 5.68. The largest absolute Gasteiger partial charge is 0.346 e. The Morgan fingerprint density at radius 2 is 1.93 bits per heavy atom. The van der Waals surface area contributed by atoms with Crippen LogP contribution in [0.2, 0.25) is 10.0 Å². The van der Waals surface area contributed by atoms with Gasteiger partial charge in [0.15, 0.2) is 0 Å². The molecule has 4 amide bonds. The van der Waals surface area contributed by atoms with Crippen molar-refractivity contribution in [3.63, 3.8) is 0 Å². The zero-order chi connectivity index (χ0) is 19.6. The lowest BCUT2D eigenvalue weighted by Gasteiger charge is -2.18. The number of carbonyl (C=O) groups is 3. The molecule has 27 heavy (non-hydrogen) atoms. The van der Waals surface area contributed by atoms with Crippen molar-refractivity contribution in [1.82, 2.24) is 15.5 Å². The van der Waals surface area contributed by atoms with Crippen molar-refractivity contribution in [3.05, 3.63) is 69.2 Å². The van der Waals surface area contributed by atoms with E-state index in [1.165, 1.54) is 0 Å². The molecule has 1 aliphatic rings. The van der Waals surface area contributed by atoms with Crippen molar-refractivity contribution < 1.29 is 14.4 Å². The Bertz CT molecular complexity index is 901. The molecule has 2 aromatic carbocycles. The molecule has 1 unspecified atom stereocenters. The van der Waals surface area contributed by atoms with Crippen molar-refractivity contribution in [1.29, 1.82) is 0 Å². The van der Waals surface area contributed by atoms with Crippen LogP contribution < -0.4 is 10.6 Å². The Labute approximate surface area is 166 Å². The second-order valence-corrected chi connectivity index (χ2v) is 6.98. The summed E-state index contributed by atoms with van der Waals surface area (Å²) in [5.74, 6) is -0.629. The van der Waals surface area contributed by atoms with E-state index in [9.17, 15) is 14.4 Å². The molecule has 1 heterocycles. The molecular weight excluding hydrogens is 389 g/mol. The standard InChI is InChI=1S/C19H17Cl2N3O3/c1-11(12-6-7-15(20)16(21)8-12)23-18(26)14-5-3-2-4-13(14)10-24-17(25)9-22-19(24)27/h2-8,11H,9-10H2,1H3,(H,22,27)(H,23,26). The molecule has 1 saturated heterocycles. The van der Waals surface area contributed by atoms with Gasteiger partial charge in [0, 0.05) is 5.56 Å². The predicted molar refractivity (Wildman–Crippen MR) is 103 cm³/mol. The molecule has 8 heteroatoms. The van der Waals surface area contributed by atoms with Gasteiger partial charge in [0.2, 0.25) is 5.91 Å². The lowest BCUT2D eigenvalue weighted by Crippen LogP contribution is -2.32. The molecule has 0 radical (unpaired) electrons. The van der Waals surface area contributed by atoms with E-state index >= 15 is 0 Å². The number of halogens is 2. The van der Waals surface area contributed by atoms with E-state index in [2.05, 4.69) is 10.6 Å². The third kappa shape index (κ3) is 4.23. The van der Waals surface area contributed by atoms with E-state index in [1.807, 2.05) is 6.92 Å². The van der Waals surface area contributed by atoms with Gasteiger partial charge in [-0.05, 0) is 36.2 Å². The average Bonchev–Trinajstić information content (AvgIpc) is 2.96. The highest BCUT2D eigenvalue weighted by Crippen LogP contribution is 2.26. The number of amides is 4. The third-order valence-electron chi connectivity index (χ3n) is 4.32. The first-order valence-corrected chi connectivity index (χ1v) is 9.04. The number of nitrogens with zero attached hydrogens (tertiary/aromatic N) is 1. The molecule has 0 bridgehead atoms. The fourth-order valence-corrected chi connectivity index (χ4v) is 3.11. The first-order valence-electron chi connectivity index (χ1n) is 8.28. The van der Waals surface area contributed by atoms with E-state index in [1.54, 1.807) is 42.5 Å². The third-order valence-corrected chi connectivity index (χ3v) is 5.06. The molecule has 0 saturated carbocycles. The summed E-state index contributed by atoms with van der Waals surface area (Å²) in [6.07, 6.45) is 0. The van der Waals surface area contributed by atoms with Crippen molar-refractivity contribution in [2.24, 2.45) is 0 Å². The first kappa shape index (κ1) is 19.2. The van der Waals surface area contributed by atoms with Crippen LogP contribution in [0.3, 0.4) is 0 Å². The Hall–Kier alpha value is -2.57. The van der Waals surface area contributed by atoms with Gasteiger partial charge in [-0.1, -0.05) is 47.5 Å². The van der Waals surface area contributed by atoms with Crippen LogP contribution in [-0.4, -0.2) is 29.3 Å². The van der Waals surface area contributed by atoms with Gasteiger partial charge in [-0.2, -0.15) is 0 Å². The fourth-order valence-electron chi connectivity index (χ4n) is 2.80. The summed E-state index contributed by atoms with van der Waals surface area (Å²) in [6.45, 7) is 1.84. The predicted octanol–water partition coefficient (Wildman–Crippen LogP) is 3.54. The van der Waals surface area contributed by atoms with E-state index in [-0.39, 0.29) is 30.9 Å². The monoisotopic (exact) mass is 405 g/mol. The second kappa shape index (κ2) is 7.98. The minimum atomic E-state index is -0.459. The smallest absolute Gasteiger partial charge is 0.324 e. The molecule has 1 fully saturated rings. The Morgan fingerprint density at radius 3 is 2.59 bits per heavy atom. The highest BCUT2D eigenvalue weighted by molar-refractivity contribution is 6.42. The molecule has 0 aromatic heterocycles. The van der Waals surface area contributed by atoms with Gasteiger partial charge in [0.1, 0.15) is 0 Å². The number of urea groups is 1. The molecular formula is C19H17Cl2N3O3. The normalized spacial score (nSPS) is 14.9. The molecule has 6 nitrogen and oxygen atoms in total. The number of nitrogens with one attached hydrogen (secondary N) is 2. The highest BCUT2D eigenvalue weighted by Gasteiger charge is 2.29. The van der Waals surface area contributed by atoms with Crippen LogP contribution in [-0.2, 0) is 11.3 Å². The Balaban J connectivity index is 1.77. The number of hydrogen-bond donors (Lipinski definition) is 2. The molecule has 0 aliphatic carbocycles. The summed E-state index contributed by atoms with van der Waals surface area (Å²) >= 11 is 12.0. The number of carbonyl (C=O) groups excluding carboxylic acids is 3. The Morgan fingerprint density at radius 1 is 1.19 bits per heavy atom. The summed E-state index contributed by atoms with van der Waals surface area (Å²) in [6, 6.07) is 11.3. The highest BCUT2D eigenvalue weighted by atomic mass is 35.5. The second-order valence-electron chi connectivity index (χ2n) is 6.16. The van der Waals surface area contributed by atoms with Crippen LogP contribution in [0.25, 0.3) is 0 Å². The van der Waals surface area contributed by atoms with Gasteiger partial charge in [-0.25, -0.2) is 4.79 Å². The molecule has 1 aliphatic heterocycles. The lowest BCUT2D eigenvalue weighted by molar-refractivity contribution is -0.125. The van der Waals surface area contributed by atoms with Gasteiger partial charge in [-0.15, -0.1) is 0 Å². The van der Waals surface area contributed by atoms with Crippen LogP contribution in [0.1, 0.15) is 34.5 Å². The van der Waals surface area contributed by atoms with Gasteiger partial charge < -0.3 is 10.6 Å². The molecule has 140 valence electrons. The summed E-state index contributed by atoms with van der Waals surface area (Å²) < 4.78 is 0. The SMILES string of the molecule is CC(NC(=O)c1ccccc1CN1C(=O)CNC1=O)c1ccc(Cl)c(Cl)c1. The van der Waals surface area contributed by atoms with Gasteiger partial charge in [-0.3, -0.25) is 14.5 Å². The minimum absolute atomic E-state index is 0.0262. The van der Waals surface area contributed by atoms with Crippen LogP contribution in [0.15, 0.2) is 42.5 Å². The zero-order valence-electron chi connectivity index (χ0n) is 14.5. The maximum atomic E-state index is 12.8. The van der Waals surface area contributed by atoms with E-state index in [0.29, 0.717) is 21.2 Å². The van der Waals surface area contributed by atoms with Gasteiger partial charge in [0.25, 0.3) is 5.91 Å². The molecule has 0 spiro atoms. The maximum Gasteiger partial charge on any atom is 0.324 e. The summed E-state index contributed by atoms with van der Waals surface area (Å²) in [5, 5.41) is 6.22. The van der Waals surface area contributed by atoms with E-state index in [4.69, 9.17) is 23.2 Å². The van der Waals surface area contributed by atoms with Crippen LogP contribution in [0.4, 0.5) is 4.79 Å². The van der Waals surface area contributed by atoms with E-state index < -0.39 is 6.03 Å². The summed E-state index contributed by atoms with van der Waals surface area (Å²) in [7, 11) is 0. The number of benzene rings is 2. The molecule has 2 aromatic rings. The fraction of sp³-hybridized carbons (Fsp3) is 0.211.